The minimum absolute atomic E-state index is 0.204. The fraction of sp³-hybridized carbons (Fsp3) is 0.462. The molecule has 2 heterocycles. The lowest BCUT2D eigenvalue weighted by atomic mass is 10.1. The van der Waals surface area contributed by atoms with Crippen molar-refractivity contribution in [1.82, 2.24) is 20.2 Å². The largest absolute Gasteiger partial charge is 0.347 e. The van der Waals surface area contributed by atoms with Crippen LogP contribution in [-0.4, -0.2) is 40.9 Å². The summed E-state index contributed by atoms with van der Waals surface area (Å²) in [6.45, 7) is 5.07. The summed E-state index contributed by atoms with van der Waals surface area (Å²) in [4.78, 5) is 22.5. The van der Waals surface area contributed by atoms with E-state index >= 15 is 0 Å². The normalized spacial score (nSPS) is 19.7. The van der Waals surface area contributed by atoms with Gasteiger partial charge in [-0.1, -0.05) is 6.08 Å². The van der Waals surface area contributed by atoms with Crippen LogP contribution in [0.1, 0.15) is 35.1 Å². The van der Waals surface area contributed by atoms with E-state index in [1.54, 1.807) is 12.3 Å². The van der Waals surface area contributed by atoms with Gasteiger partial charge in [-0.05, 0) is 26.4 Å². The van der Waals surface area contributed by atoms with Gasteiger partial charge in [0, 0.05) is 6.54 Å². The quantitative estimate of drug-likeness (QED) is 0.810. The average Bonchev–Trinajstić information content (AvgIpc) is 2.82. The summed E-state index contributed by atoms with van der Waals surface area (Å²) < 4.78 is 0. The SMILES string of the molecule is C=CCNC(=O)c1cncc([C@@H]2CCCN2C)n1. The zero-order chi connectivity index (χ0) is 13.0. The highest BCUT2D eigenvalue weighted by Gasteiger charge is 2.24. The third kappa shape index (κ3) is 2.73. The standard InChI is InChI=1S/C13H18N4O/c1-3-6-15-13(18)11-9-14-8-10(16-11)12-5-4-7-17(12)2/h3,8-9,12H,1,4-7H2,2H3,(H,15,18)/t12-/m0/s1. The van der Waals surface area contributed by atoms with Crippen molar-refractivity contribution >= 4 is 5.91 Å². The highest BCUT2D eigenvalue weighted by atomic mass is 16.1. The van der Waals surface area contributed by atoms with Crippen molar-refractivity contribution < 1.29 is 4.79 Å². The summed E-state index contributed by atoms with van der Waals surface area (Å²) in [7, 11) is 2.07. The maximum absolute atomic E-state index is 11.8. The Balaban J connectivity index is 2.14. The molecule has 1 aliphatic heterocycles. The maximum atomic E-state index is 11.8. The van der Waals surface area contributed by atoms with Crippen molar-refractivity contribution in [2.24, 2.45) is 0 Å². The molecule has 1 aliphatic rings. The van der Waals surface area contributed by atoms with Gasteiger partial charge in [-0.2, -0.15) is 0 Å². The van der Waals surface area contributed by atoms with Crippen molar-refractivity contribution in [1.29, 1.82) is 0 Å². The minimum atomic E-state index is -0.204. The van der Waals surface area contributed by atoms with E-state index in [0.717, 1.165) is 25.1 Å². The van der Waals surface area contributed by atoms with E-state index in [1.807, 2.05) is 0 Å². The number of nitrogens with one attached hydrogen (secondary N) is 1. The summed E-state index contributed by atoms with van der Waals surface area (Å²) >= 11 is 0. The van der Waals surface area contributed by atoms with Crippen LogP contribution in [0.4, 0.5) is 0 Å². The molecule has 1 amide bonds. The van der Waals surface area contributed by atoms with Gasteiger partial charge in [0.25, 0.3) is 5.91 Å². The van der Waals surface area contributed by atoms with Gasteiger partial charge in [0.1, 0.15) is 5.69 Å². The molecule has 1 aromatic heterocycles. The van der Waals surface area contributed by atoms with Crippen molar-refractivity contribution in [2.75, 3.05) is 20.1 Å². The average molecular weight is 246 g/mol. The van der Waals surface area contributed by atoms with E-state index < -0.39 is 0 Å². The number of carbonyl (C=O) groups excluding carboxylic acids is 1. The van der Waals surface area contributed by atoms with Crippen LogP contribution in [0, 0.1) is 0 Å². The monoisotopic (exact) mass is 246 g/mol. The molecule has 0 unspecified atom stereocenters. The van der Waals surface area contributed by atoms with Crippen LogP contribution < -0.4 is 5.32 Å². The molecule has 0 aliphatic carbocycles. The van der Waals surface area contributed by atoms with Gasteiger partial charge in [-0.15, -0.1) is 6.58 Å². The second kappa shape index (κ2) is 5.73. The fourth-order valence-corrected chi connectivity index (χ4v) is 2.19. The molecule has 1 aromatic rings. The lowest BCUT2D eigenvalue weighted by Gasteiger charge is -2.18. The van der Waals surface area contributed by atoms with Crippen molar-refractivity contribution in [3.63, 3.8) is 0 Å². The number of aromatic nitrogens is 2. The smallest absolute Gasteiger partial charge is 0.271 e. The molecular weight excluding hydrogens is 228 g/mol. The molecule has 0 saturated carbocycles. The number of hydrogen-bond donors (Lipinski definition) is 1. The number of carbonyl (C=O) groups is 1. The molecule has 1 atom stereocenters. The lowest BCUT2D eigenvalue weighted by Crippen LogP contribution is -2.26. The molecule has 2 rings (SSSR count). The summed E-state index contributed by atoms with van der Waals surface area (Å²) in [5.41, 5.74) is 1.25. The number of rotatable bonds is 4. The number of amides is 1. The first-order valence-corrected chi connectivity index (χ1v) is 6.13. The molecule has 0 aromatic carbocycles. The zero-order valence-electron chi connectivity index (χ0n) is 10.6. The van der Waals surface area contributed by atoms with E-state index in [-0.39, 0.29) is 11.9 Å². The molecule has 18 heavy (non-hydrogen) atoms. The second-order valence-corrected chi connectivity index (χ2v) is 4.47. The minimum Gasteiger partial charge on any atom is -0.347 e. The summed E-state index contributed by atoms with van der Waals surface area (Å²) in [6.07, 6.45) is 7.12. The van der Waals surface area contributed by atoms with Gasteiger partial charge in [0.2, 0.25) is 0 Å². The third-order valence-corrected chi connectivity index (χ3v) is 3.15. The van der Waals surface area contributed by atoms with E-state index in [9.17, 15) is 4.79 Å². The Morgan fingerprint density at radius 3 is 3.17 bits per heavy atom. The van der Waals surface area contributed by atoms with Crippen LogP contribution in [0.5, 0.6) is 0 Å². The van der Waals surface area contributed by atoms with Crippen LogP contribution in [0.3, 0.4) is 0 Å². The first-order chi connectivity index (χ1) is 8.72. The van der Waals surface area contributed by atoms with Gasteiger partial charge in [0.15, 0.2) is 0 Å². The Hall–Kier alpha value is -1.75. The molecule has 1 N–H and O–H groups in total. The molecular formula is C13H18N4O. The summed E-state index contributed by atoms with van der Waals surface area (Å²) in [5.74, 6) is -0.204. The van der Waals surface area contributed by atoms with Gasteiger partial charge in [-0.25, -0.2) is 4.98 Å². The van der Waals surface area contributed by atoms with Crippen LogP contribution in [-0.2, 0) is 0 Å². The fourth-order valence-electron chi connectivity index (χ4n) is 2.19. The van der Waals surface area contributed by atoms with Crippen molar-refractivity contribution in [2.45, 2.75) is 18.9 Å². The Morgan fingerprint density at radius 1 is 1.67 bits per heavy atom. The molecule has 0 radical (unpaired) electrons. The Labute approximate surface area is 107 Å². The Bertz CT molecular complexity index is 446. The van der Waals surface area contributed by atoms with Crippen molar-refractivity contribution in [3.8, 4) is 0 Å². The predicted octanol–water partition coefficient (Wildman–Crippen LogP) is 1.16. The second-order valence-electron chi connectivity index (χ2n) is 4.47. The van der Waals surface area contributed by atoms with Crippen molar-refractivity contribution in [3.05, 3.63) is 36.4 Å². The Morgan fingerprint density at radius 2 is 2.50 bits per heavy atom. The van der Waals surface area contributed by atoms with E-state index in [2.05, 4.69) is 33.8 Å². The highest BCUT2D eigenvalue weighted by Crippen LogP contribution is 2.28. The number of likely N-dealkylation sites (tertiary alicyclic amines) is 1. The lowest BCUT2D eigenvalue weighted by molar-refractivity contribution is 0.0952. The third-order valence-electron chi connectivity index (χ3n) is 3.15. The summed E-state index contributed by atoms with van der Waals surface area (Å²) in [6, 6.07) is 0.282. The highest BCUT2D eigenvalue weighted by molar-refractivity contribution is 5.92. The van der Waals surface area contributed by atoms with Gasteiger partial charge >= 0.3 is 0 Å². The van der Waals surface area contributed by atoms with Gasteiger partial charge in [0.05, 0.1) is 24.1 Å². The molecule has 0 bridgehead atoms. The Kier molecular flexibility index (Phi) is 4.04. The maximum Gasteiger partial charge on any atom is 0.271 e. The number of hydrogen-bond acceptors (Lipinski definition) is 4. The zero-order valence-corrected chi connectivity index (χ0v) is 10.6. The van der Waals surface area contributed by atoms with Crippen LogP contribution >= 0.6 is 0 Å². The molecule has 96 valence electrons. The van der Waals surface area contributed by atoms with E-state index in [1.165, 1.54) is 6.20 Å². The molecule has 5 heteroatoms. The van der Waals surface area contributed by atoms with Gasteiger partial charge < -0.3 is 5.32 Å². The molecule has 1 saturated heterocycles. The van der Waals surface area contributed by atoms with E-state index in [0.29, 0.717) is 12.2 Å². The first-order valence-electron chi connectivity index (χ1n) is 6.13. The van der Waals surface area contributed by atoms with Crippen LogP contribution in [0.25, 0.3) is 0 Å². The summed E-state index contributed by atoms with van der Waals surface area (Å²) in [5, 5.41) is 2.70. The molecule has 5 nitrogen and oxygen atoms in total. The predicted molar refractivity (Wildman–Crippen MR) is 69.2 cm³/mol. The molecule has 0 spiro atoms. The first kappa shape index (κ1) is 12.7. The topological polar surface area (TPSA) is 58.1 Å². The van der Waals surface area contributed by atoms with Gasteiger partial charge in [-0.3, -0.25) is 14.7 Å². The van der Waals surface area contributed by atoms with E-state index in [4.69, 9.17) is 0 Å². The molecule has 1 fully saturated rings. The van der Waals surface area contributed by atoms with Crippen LogP contribution in [0.15, 0.2) is 25.0 Å². The number of nitrogens with zero attached hydrogens (tertiary/aromatic N) is 3. The van der Waals surface area contributed by atoms with Crippen LogP contribution in [0.2, 0.25) is 0 Å².